The number of nitrogens with two attached hydrogens (primary N) is 1. The van der Waals surface area contributed by atoms with Gasteiger partial charge in [-0.25, -0.2) is 0 Å². The molecule has 0 atom stereocenters. The molecule has 0 aliphatic carbocycles. The van der Waals surface area contributed by atoms with Gasteiger partial charge in [-0.2, -0.15) is 0 Å². The summed E-state index contributed by atoms with van der Waals surface area (Å²) in [5, 5.41) is 9.72. The Morgan fingerprint density at radius 3 is 2.87 bits per heavy atom. The molecule has 0 bridgehead atoms. The van der Waals surface area contributed by atoms with Crippen molar-refractivity contribution in [2.75, 3.05) is 20.3 Å². The highest BCUT2D eigenvalue weighted by Gasteiger charge is 2.06. The third kappa shape index (κ3) is 3.42. The minimum Gasteiger partial charge on any atom is -0.504 e. The molecule has 0 heterocycles. The molecule has 1 aromatic rings. The standard InChI is InChI=1S/C11H17NO3/c1-14-10-5-2-4-9(11(10)13)8-15-7-3-6-12/h2,4-5,13H,3,6-8,12H2,1H3. The van der Waals surface area contributed by atoms with E-state index < -0.39 is 0 Å². The molecule has 4 nitrogen and oxygen atoms in total. The first-order chi connectivity index (χ1) is 7.29. The largest absolute Gasteiger partial charge is 0.504 e. The van der Waals surface area contributed by atoms with Crippen molar-refractivity contribution < 1.29 is 14.6 Å². The lowest BCUT2D eigenvalue weighted by Gasteiger charge is -2.08. The molecule has 0 saturated heterocycles. The summed E-state index contributed by atoms with van der Waals surface area (Å²) >= 11 is 0. The first kappa shape index (κ1) is 11.8. The maximum Gasteiger partial charge on any atom is 0.163 e. The second-order valence-electron chi connectivity index (χ2n) is 3.16. The Bertz CT molecular complexity index is 302. The average Bonchev–Trinajstić information content (AvgIpc) is 2.26. The van der Waals surface area contributed by atoms with Crippen LogP contribution in [0.3, 0.4) is 0 Å². The molecule has 0 saturated carbocycles. The normalized spacial score (nSPS) is 10.3. The molecule has 0 aliphatic heterocycles. The van der Waals surface area contributed by atoms with Gasteiger partial charge in [0.1, 0.15) is 0 Å². The Hall–Kier alpha value is -1.26. The smallest absolute Gasteiger partial charge is 0.163 e. The van der Waals surface area contributed by atoms with Crippen LogP contribution in [-0.4, -0.2) is 25.4 Å². The number of rotatable bonds is 6. The summed E-state index contributed by atoms with van der Waals surface area (Å²) in [4.78, 5) is 0. The second-order valence-corrected chi connectivity index (χ2v) is 3.16. The summed E-state index contributed by atoms with van der Waals surface area (Å²) < 4.78 is 10.3. The van der Waals surface area contributed by atoms with Gasteiger partial charge in [-0.3, -0.25) is 0 Å². The van der Waals surface area contributed by atoms with Crippen LogP contribution in [0.5, 0.6) is 11.5 Å². The van der Waals surface area contributed by atoms with Gasteiger partial charge in [0.25, 0.3) is 0 Å². The van der Waals surface area contributed by atoms with Crippen LogP contribution in [0.4, 0.5) is 0 Å². The number of hydrogen-bond acceptors (Lipinski definition) is 4. The lowest BCUT2D eigenvalue weighted by Crippen LogP contribution is -2.04. The van der Waals surface area contributed by atoms with Crippen LogP contribution in [0.15, 0.2) is 18.2 Å². The minimum atomic E-state index is 0.146. The lowest BCUT2D eigenvalue weighted by atomic mass is 10.2. The quantitative estimate of drug-likeness (QED) is 0.695. The summed E-state index contributed by atoms with van der Waals surface area (Å²) in [5.74, 6) is 0.614. The summed E-state index contributed by atoms with van der Waals surface area (Å²) in [6.07, 6.45) is 0.824. The van der Waals surface area contributed by atoms with E-state index in [9.17, 15) is 5.11 Å². The van der Waals surface area contributed by atoms with Gasteiger partial charge >= 0.3 is 0 Å². The fourth-order valence-electron chi connectivity index (χ4n) is 1.22. The number of para-hydroxylation sites is 1. The molecule has 15 heavy (non-hydrogen) atoms. The molecule has 1 rings (SSSR count). The van der Waals surface area contributed by atoms with Gasteiger partial charge < -0.3 is 20.3 Å². The van der Waals surface area contributed by atoms with Gasteiger partial charge in [-0.15, -0.1) is 0 Å². The summed E-state index contributed by atoms with van der Waals surface area (Å²) in [6, 6.07) is 5.33. The molecule has 3 N–H and O–H groups in total. The maximum atomic E-state index is 9.72. The average molecular weight is 211 g/mol. The Morgan fingerprint density at radius 1 is 1.40 bits per heavy atom. The molecule has 84 valence electrons. The topological polar surface area (TPSA) is 64.7 Å². The number of aromatic hydroxyl groups is 1. The minimum absolute atomic E-state index is 0.146. The Balaban J connectivity index is 2.53. The van der Waals surface area contributed by atoms with E-state index in [1.54, 1.807) is 12.1 Å². The summed E-state index contributed by atoms with van der Waals surface area (Å²) in [7, 11) is 1.52. The number of ether oxygens (including phenoxy) is 2. The predicted molar refractivity (Wildman–Crippen MR) is 58.0 cm³/mol. The van der Waals surface area contributed by atoms with Crippen LogP contribution in [0.2, 0.25) is 0 Å². The van der Waals surface area contributed by atoms with E-state index in [1.807, 2.05) is 6.07 Å². The van der Waals surface area contributed by atoms with Crippen LogP contribution in [0.1, 0.15) is 12.0 Å². The van der Waals surface area contributed by atoms with E-state index in [1.165, 1.54) is 7.11 Å². The molecule has 0 fully saturated rings. The first-order valence-corrected chi connectivity index (χ1v) is 4.92. The first-order valence-electron chi connectivity index (χ1n) is 4.92. The van der Waals surface area contributed by atoms with Crippen molar-refractivity contribution in [2.24, 2.45) is 5.73 Å². The van der Waals surface area contributed by atoms with E-state index in [0.717, 1.165) is 12.0 Å². The molecule has 1 aromatic carbocycles. The Morgan fingerprint density at radius 2 is 2.20 bits per heavy atom. The third-order valence-corrected chi connectivity index (χ3v) is 2.05. The number of benzene rings is 1. The number of phenols is 1. The van der Waals surface area contributed by atoms with Crippen molar-refractivity contribution in [3.63, 3.8) is 0 Å². The fourth-order valence-corrected chi connectivity index (χ4v) is 1.22. The van der Waals surface area contributed by atoms with Crippen molar-refractivity contribution in [2.45, 2.75) is 13.0 Å². The SMILES string of the molecule is COc1cccc(COCCCN)c1O. The molecular formula is C11H17NO3. The van der Waals surface area contributed by atoms with Crippen LogP contribution >= 0.6 is 0 Å². The molecule has 4 heteroatoms. The van der Waals surface area contributed by atoms with Gasteiger partial charge in [-0.05, 0) is 19.0 Å². The van der Waals surface area contributed by atoms with Gasteiger partial charge in [-0.1, -0.05) is 12.1 Å². The molecule has 0 aromatic heterocycles. The van der Waals surface area contributed by atoms with Crippen LogP contribution < -0.4 is 10.5 Å². The maximum absolute atomic E-state index is 9.72. The lowest BCUT2D eigenvalue weighted by molar-refractivity contribution is 0.118. The fraction of sp³-hybridized carbons (Fsp3) is 0.455. The van der Waals surface area contributed by atoms with E-state index in [-0.39, 0.29) is 5.75 Å². The molecule has 0 amide bonds. The molecule has 0 radical (unpaired) electrons. The van der Waals surface area contributed by atoms with E-state index in [4.69, 9.17) is 15.2 Å². The van der Waals surface area contributed by atoms with Crippen molar-refractivity contribution in [3.8, 4) is 11.5 Å². The molecular weight excluding hydrogens is 194 g/mol. The van der Waals surface area contributed by atoms with Gasteiger partial charge in [0.2, 0.25) is 0 Å². The van der Waals surface area contributed by atoms with Crippen LogP contribution in [0, 0.1) is 0 Å². The van der Waals surface area contributed by atoms with Crippen molar-refractivity contribution >= 4 is 0 Å². The predicted octanol–water partition coefficient (Wildman–Crippen LogP) is 1.27. The highest BCUT2D eigenvalue weighted by Crippen LogP contribution is 2.29. The zero-order valence-electron chi connectivity index (χ0n) is 8.90. The van der Waals surface area contributed by atoms with Crippen molar-refractivity contribution in [1.82, 2.24) is 0 Å². The van der Waals surface area contributed by atoms with E-state index in [0.29, 0.717) is 25.5 Å². The van der Waals surface area contributed by atoms with E-state index in [2.05, 4.69) is 0 Å². The van der Waals surface area contributed by atoms with Crippen LogP contribution in [0.25, 0.3) is 0 Å². The second kappa shape index (κ2) is 6.27. The molecule has 0 spiro atoms. The summed E-state index contributed by atoms with van der Waals surface area (Å²) in [6.45, 7) is 1.60. The number of phenolic OH excluding ortho intramolecular Hbond substituents is 1. The van der Waals surface area contributed by atoms with Crippen molar-refractivity contribution in [1.29, 1.82) is 0 Å². The van der Waals surface area contributed by atoms with Crippen molar-refractivity contribution in [3.05, 3.63) is 23.8 Å². The molecule has 0 aliphatic rings. The highest BCUT2D eigenvalue weighted by atomic mass is 16.5. The van der Waals surface area contributed by atoms with Gasteiger partial charge in [0, 0.05) is 12.2 Å². The highest BCUT2D eigenvalue weighted by molar-refractivity contribution is 5.44. The third-order valence-electron chi connectivity index (χ3n) is 2.05. The Kier molecular flexibility index (Phi) is 4.93. The van der Waals surface area contributed by atoms with Gasteiger partial charge in [0.05, 0.1) is 13.7 Å². The van der Waals surface area contributed by atoms with E-state index >= 15 is 0 Å². The zero-order chi connectivity index (χ0) is 11.1. The number of hydrogen-bond donors (Lipinski definition) is 2. The summed E-state index contributed by atoms with van der Waals surface area (Å²) in [5.41, 5.74) is 6.06. The van der Waals surface area contributed by atoms with Crippen LogP contribution in [-0.2, 0) is 11.3 Å². The van der Waals surface area contributed by atoms with Gasteiger partial charge in [0.15, 0.2) is 11.5 Å². The Labute approximate surface area is 89.6 Å². The monoisotopic (exact) mass is 211 g/mol. The molecule has 0 unspecified atom stereocenters. The zero-order valence-corrected chi connectivity index (χ0v) is 8.90. The number of methoxy groups -OCH3 is 1.